The van der Waals surface area contributed by atoms with Gasteiger partial charge in [0.2, 0.25) is 0 Å². The quantitative estimate of drug-likeness (QED) is 0.107. The van der Waals surface area contributed by atoms with Gasteiger partial charge < -0.3 is 24.4 Å². The lowest BCUT2D eigenvalue weighted by atomic mass is 10.00. The van der Waals surface area contributed by atoms with Crippen molar-refractivity contribution in [2.45, 2.75) is 90.6 Å². The summed E-state index contributed by atoms with van der Waals surface area (Å²) in [6, 6.07) is 8.12. The molecule has 0 radical (unpaired) electrons. The van der Waals surface area contributed by atoms with Crippen LogP contribution in [0.3, 0.4) is 0 Å². The predicted octanol–water partition coefficient (Wildman–Crippen LogP) is 8.25. The number of thioether (sulfide) groups is 1. The number of nitrogens with two attached hydrogens (primary N) is 1. The molecular formula is C34H47FN4O6SSi. The Balaban J connectivity index is 2.97. The Bertz CT molecular complexity index is 1540. The Morgan fingerprint density at radius 1 is 1.02 bits per heavy atom. The number of ether oxygens (including phenoxy) is 3. The van der Waals surface area contributed by atoms with Gasteiger partial charge in [-0.3, -0.25) is 0 Å². The molecule has 2 rings (SSSR count). The molecule has 0 saturated heterocycles. The van der Waals surface area contributed by atoms with E-state index in [0.29, 0.717) is 5.75 Å². The van der Waals surface area contributed by atoms with E-state index in [1.165, 1.54) is 44.6 Å². The Labute approximate surface area is 283 Å². The molecule has 0 aliphatic rings. The lowest BCUT2D eigenvalue weighted by Crippen LogP contribution is -2.51. The zero-order valence-corrected chi connectivity index (χ0v) is 31.2. The van der Waals surface area contributed by atoms with Crippen LogP contribution in [0.4, 0.5) is 14.9 Å². The molecule has 0 aliphatic heterocycles. The van der Waals surface area contributed by atoms with Crippen molar-refractivity contribution in [2.24, 2.45) is 15.7 Å². The number of carbonyl (C=O) groups is 2. The number of rotatable bonds is 11. The number of hydrogen-bond acceptors (Lipinski definition) is 10. The second kappa shape index (κ2) is 16.4. The monoisotopic (exact) mass is 686 g/mol. The van der Waals surface area contributed by atoms with Crippen molar-refractivity contribution in [2.75, 3.05) is 20.5 Å². The van der Waals surface area contributed by atoms with Crippen molar-refractivity contribution in [3.63, 3.8) is 0 Å². The van der Waals surface area contributed by atoms with E-state index in [0.717, 1.165) is 11.8 Å². The molecule has 256 valence electrons. The van der Waals surface area contributed by atoms with Crippen LogP contribution in [0.25, 0.3) is 0 Å². The van der Waals surface area contributed by atoms with Crippen LogP contribution in [-0.2, 0) is 14.3 Å². The fourth-order valence-corrected chi connectivity index (χ4v) is 11.4. The number of esters is 1. The average Bonchev–Trinajstić information content (AvgIpc) is 3.00. The molecule has 0 heterocycles. The highest BCUT2D eigenvalue weighted by Crippen LogP contribution is 2.44. The molecular weight excluding hydrogens is 640 g/mol. The smallest absolute Gasteiger partial charge is 0.434 e. The van der Waals surface area contributed by atoms with Gasteiger partial charge in [0.1, 0.15) is 33.9 Å². The van der Waals surface area contributed by atoms with Gasteiger partial charge in [0.25, 0.3) is 8.32 Å². The lowest BCUT2D eigenvalue weighted by Gasteiger charge is -2.42. The van der Waals surface area contributed by atoms with Crippen LogP contribution in [0, 0.1) is 17.1 Å². The Kier molecular flexibility index (Phi) is 13.8. The van der Waals surface area contributed by atoms with Crippen LogP contribution in [0.1, 0.15) is 85.0 Å². The molecule has 1 unspecified atom stereocenters. The maximum absolute atomic E-state index is 16.8. The highest BCUT2D eigenvalue weighted by Gasteiger charge is 2.47. The van der Waals surface area contributed by atoms with Crippen molar-refractivity contribution < 1.29 is 32.6 Å². The maximum atomic E-state index is 16.8. The summed E-state index contributed by atoms with van der Waals surface area (Å²) in [7, 11) is 0.00834. The van der Waals surface area contributed by atoms with Crippen LogP contribution in [0.15, 0.2) is 40.3 Å². The largest absolute Gasteiger partial charge is 0.541 e. The van der Waals surface area contributed by atoms with Crippen molar-refractivity contribution in [3.05, 3.63) is 52.8 Å². The number of hydrogen-bond donors (Lipinski definition) is 1. The van der Waals surface area contributed by atoms with E-state index in [9.17, 15) is 14.9 Å². The zero-order chi connectivity index (χ0) is 35.9. The van der Waals surface area contributed by atoms with Gasteiger partial charge in [-0.15, -0.1) is 11.8 Å². The molecule has 2 N–H and O–H groups in total. The first-order valence-electron chi connectivity index (χ1n) is 15.3. The third-order valence-electron chi connectivity index (χ3n) is 7.65. The Hall–Kier alpha value is -3.73. The summed E-state index contributed by atoms with van der Waals surface area (Å²) in [5.41, 5.74) is 6.34. The first-order valence-corrected chi connectivity index (χ1v) is 18.6. The second-order valence-electron chi connectivity index (χ2n) is 12.9. The van der Waals surface area contributed by atoms with Gasteiger partial charge in [-0.1, -0.05) is 41.5 Å². The average molecular weight is 687 g/mol. The molecule has 0 aliphatic carbocycles. The lowest BCUT2D eigenvalue weighted by molar-refractivity contribution is -0.156. The fraction of sp³-hybridized carbons (Fsp3) is 0.500. The van der Waals surface area contributed by atoms with Gasteiger partial charge in [0.05, 0.1) is 31.5 Å². The molecule has 2 aromatic carbocycles. The van der Waals surface area contributed by atoms with Crippen LogP contribution < -0.4 is 14.9 Å². The molecule has 13 heteroatoms. The summed E-state index contributed by atoms with van der Waals surface area (Å²) in [5, 5.41) is 9.82. The molecule has 0 bridgehead atoms. The molecule has 2 aromatic rings. The minimum absolute atomic E-state index is 0.000744. The van der Waals surface area contributed by atoms with Gasteiger partial charge in [-0.05, 0) is 73.5 Å². The second-order valence-corrected chi connectivity index (χ2v) is 19.0. The van der Waals surface area contributed by atoms with E-state index >= 15 is 4.39 Å². The van der Waals surface area contributed by atoms with E-state index in [1.807, 2.05) is 6.07 Å². The van der Waals surface area contributed by atoms with E-state index in [1.54, 1.807) is 27.0 Å². The minimum atomic E-state index is -2.63. The summed E-state index contributed by atoms with van der Waals surface area (Å²) < 4.78 is 39.4. The van der Waals surface area contributed by atoms with Gasteiger partial charge in [0, 0.05) is 11.6 Å². The number of halogens is 1. The van der Waals surface area contributed by atoms with E-state index in [2.05, 4.69) is 46.5 Å². The SMILES string of the molecule is COC(=O)N=C(SC)C(=Nc1ccc(C#N)c(C(N)C(=O)OC(C)(C)C)c1)c1cc(OC)cc(O[Si](C(C)C)(C(C)C)C(C)C)c1F. The first-order chi connectivity index (χ1) is 21.9. The highest BCUT2D eigenvalue weighted by molar-refractivity contribution is 8.15. The summed E-state index contributed by atoms with van der Waals surface area (Å²) in [4.78, 5) is 34.0. The van der Waals surface area contributed by atoms with E-state index in [4.69, 9.17) is 29.4 Å². The molecule has 1 amide bonds. The summed E-state index contributed by atoms with van der Waals surface area (Å²) in [6.07, 6.45) is 0.740. The molecule has 47 heavy (non-hydrogen) atoms. The van der Waals surface area contributed by atoms with E-state index in [-0.39, 0.29) is 55.5 Å². The third kappa shape index (κ3) is 9.43. The molecule has 0 aromatic heterocycles. The number of aliphatic imine (C=N–C) groups is 2. The number of methoxy groups -OCH3 is 2. The van der Waals surface area contributed by atoms with Crippen molar-refractivity contribution in [3.8, 4) is 17.6 Å². The maximum Gasteiger partial charge on any atom is 0.434 e. The number of nitriles is 1. The standard InChI is InChI=1S/C34H47FN4O6SSi/c1-19(2)47(20(3)4,21(5)6)45-27-17-24(42-10)16-26(28(27)35)30(31(46-12)39-33(41)43-11)38-23-14-13-22(18-36)25(15-23)29(37)32(40)44-34(7,8)9/h13-17,19-21,29H,37H2,1-12H3. The number of amides is 1. The summed E-state index contributed by atoms with van der Waals surface area (Å²) in [5.74, 6) is -1.15. The van der Waals surface area contributed by atoms with Crippen molar-refractivity contribution in [1.82, 2.24) is 0 Å². The Morgan fingerprint density at radius 3 is 2.09 bits per heavy atom. The zero-order valence-electron chi connectivity index (χ0n) is 29.4. The minimum Gasteiger partial charge on any atom is -0.541 e. The number of carbonyl (C=O) groups excluding carboxylic acids is 2. The third-order valence-corrected chi connectivity index (χ3v) is 14.3. The van der Waals surface area contributed by atoms with Crippen LogP contribution >= 0.6 is 11.8 Å². The summed E-state index contributed by atoms with van der Waals surface area (Å²) in [6.45, 7) is 17.7. The van der Waals surface area contributed by atoms with Gasteiger partial charge >= 0.3 is 12.1 Å². The molecule has 0 spiro atoms. The van der Waals surface area contributed by atoms with Gasteiger partial charge in [-0.25, -0.2) is 19.0 Å². The van der Waals surface area contributed by atoms with Crippen molar-refractivity contribution >= 4 is 48.6 Å². The Morgan fingerprint density at radius 2 is 1.62 bits per heavy atom. The molecule has 0 fully saturated rings. The normalized spacial score (nSPS) is 13.4. The van der Waals surface area contributed by atoms with E-state index < -0.39 is 37.8 Å². The predicted molar refractivity (Wildman–Crippen MR) is 188 cm³/mol. The molecule has 0 saturated carbocycles. The molecule has 10 nitrogen and oxygen atoms in total. The highest BCUT2D eigenvalue weighted by atomic mass is 32.2. The molecule has 1 atom stereocenters. The number of nitrogens with zero attached hydrogens (tertiary/aromatic N) is 3. The van der Waals surface area contributed by atoms with Gasteiger partial charge in [-0.2, -0.15) is 10.3 Å². The van der Waals surface area contributed by atoms with Crippen LogP contribution in [0.2, 0.25) is 16.6 Å². The van der Waals surface area contributed by atoms with Crippen molar-refractivity contribution in [1.29, 1.82) is 5.26 Å². The number of benzene rings is 2. The van der Waals surface area contributed by atoms with Gasteiger partial charge in [0.15, 0.2) is 5.82 Å². The fourth-order valence-electron chi connectivity index (χ4n) is 5.63. The van der Waals surface area contributed by atoms with Crippen LogP contribution in [-0.4, -0.2) is 57.2 Å². The topological polar surface area (TPSA) is 146 Å². The summed E-state index contributed by atoms with van der Waals surface area (Å²) >= 11 is 1.05. The van der Waals surface area contributed by atoms with Crippen LogP contribution in [0.5, 0.6) is 11.5 Å². The first kappa shape index (κ1) is 39.4.